The number of rotatable bonds is 6. The van der Waals surface area contributed by atoms with Crippen LogP contribution in [0.5, 0.6) is 5.75 Å². The van der Waals surface area contributed by atoms with Crippen LogP contribution in [0.3, 0.4) is 0 Å². The Morgan fingerprint density at radius 2 is 2.00 bits per heavy atom. The van der Waals surface area contributed by atoms with E-state index in [1.54, 1.807) is 13.2 Å². The van der Waals surface area contributed by atoms with Crippen LogP contribution in [-0.4, -0.2) is 42.5 Å². The Morgan fingerprint density at radius 1 is 1.25 bits per heavy atom. The van der Waals surface area contributed by atoms with Crippen molar-refractivity contribution < 1.29 is 13.7 Å². The third-order valence-corrected chi connectivity index (χ3v) is 9.28. The van der Waals surface area contributed by atoms with E-state index >= 15 is 0 Å². The number of hydrogen-bond donors (Lipinski definition) is 2. The molecule has 0 bridgehead atoms. The average Bonchev–Trinajstić information content (AvgIpc) is 2.78. The summed E-state index contributed by atoms with van der Waals surface area (Å²) < 4.78 is 34.3. The number of anilines is 1. The lowest BCUT2D eigenvalue weighted by atomic mass is 10.0. The molecule has 1 aliphatic heterocycles. The van der Waals surface area contributed by atoms with Crippen molar-refractivity contribution in [2.24, 2.45) is 0 Å². The number of nitrogens with zero attached hydrogens (tertiary/aromatic N) is 2. The molecule has 0 amide bonds. The second kappa shape index (κ2) is 9.16. The summed E-state index contributed by atoms with van der Waals surface area (Å²) in [7, 11) is -1.00. The van der Waals surface area contributed by atoms with E-state index in [2.05, 4.69) is 20.6 Å². The zero-order valence-corrected chi connectivity index (χ0v) is 19.9. The van der Waals surface area contributed by atoms with Gasteiger partial charge in [0.2, 0.25) is 0 Å². The lowest BCUT2D eigenvalue weighted by molar-refractivity contribution is 0.418. The van der Waals surface area contributed by atoms with Crippen molar-refractivity contribution in [1.29, 1.82) is 0 Å². The molecule has 170 valence electrons. The summed E-state index contributed by atoms with van der Waals surface area (Å²) in [5, 5.41) is 8.15. The number of ether oxygens (including phenoxy) is 1. The van der Waals surface area contributed by atoms with Crippen LogP contribution in [-0.2, 0) is 11.0 Å². The van der Waals surface area contributed by atoms with Crippen LogP contribution in [0.15, 0.2) is 30.3 Å². The fourth-order valence-corrected chi connectivity index (χ4v) is 7.01. The largest absolute Gasteiger partial charge is 0.496 e. The lowest BCUT2D eigenvalue weighted by Crippen LogP contribution is -2.32. The predicted octanol–water partition coefficient (Wildman–Crippen LogP) is 4.41. The molecule has 1 aliphatic rings. The van der Waals surface area contributed by atoms with E-state index in [-0.39, 0.29) is 11.9 Å². The Kier molecular flexibility index (Phi) is 6.50. The molecule has 2 heterocycles. The molecule has 0 spiro atoms. The van der Waals surface area contributed by atoms with Crippen LogP contribution >= 0.6 is 7.14 Å². The third kappa shape index (κ3) is 4.24. The molecule has 3 aromatic rings. The van der Waals surface area contributed by atoms with E-state index in [0.29, 0.717) is 52.8 Å². The first-order valence-corrected chi connectivity index (χ1v) is 13.1. The molecule has 1 aromatic heterocycles. The van der Waals surface area contributed by atoms with E-state index in [1.807, 2.05) is 45.0 Å². The Balaban J connectivity index is 1.81. The summed E-state index contributed by atoms with van der Waals surface area (Å²) in [4.78, 5) is 9.19. The number of methoxy groups -OCH3 is 1. The summed E-state index contributed by atoms with van der Waals surface area (Å²) in [5.41, 5.74) is 1.99. The van der Waals surface area contributed by atoms with Crippen molar-refractivity contribution >= 4 is 29.2 Å². The molecule has 0 saturated carbocycles. The fraction of sp³-hybridized carbons (Fsp3) is 0.417. The number of aromatic nitrogens is 2. The smallest absolute Gasteiger partial charge is 0.138 e. The highest BCUT2D eigenvalue weighted by Crippen LogP contribution is 2.48. The quantitative estimate of drug-likeness (QED) is 0.535. The highest BCUT2D eigenvalue weighted by Gasteiger charge is 2.31. The number of benzene rings is 2. The lowest BCUT2D eigenvalue weighted by Gasteiger charge is -2.26. The zero-order valence-electron chi connectivity index (χ0n) is 19.0. The third-order valence-electron chi connectivity index (χ3n) is 6.16. The van der Waals surface area contributed by atoms with Gasteiger partial charge in [-0.25, -0.2) is 14.4 Å². The first-order chi connectivity index (χ1) is 15.4. The Labute approximate surface area is 188 Å². The highest BCUT2D eigenvalue weighted by atomic mass is 31.2. The molecular weight excluding hydrogens is 426 g/mol. The van der Waals surface area contributed by atoms with E-state index < -0.39 is 7.14 Å². The van der Waals surface area contributed by atoms with Gasteiger partial charge in [-0.3, -0.25) is 0 Å². The summed E-state index contributed by atoms with van der Waals surface area (Å²) in [6, 6.07) is 8.93. The van der Waals surface area contributed by atoms with Gasteiger partial charge in [0.15, 0.2) is 0 Å². The number of hydrogen-bond acceptors (Lipinski definition) is 6. The molecule has 1 fully saturated rings. The normalized spacial score (nSPS) is 16.7. The zero-order chi connectivity index (χ0) is 22.9. The van der Waals surface area contributed by atoms with Gasteiger partial charge in [0.25, 0.3) is 0 Å². The minimum Gasteiger partial charge on any atom is -0.496 e. The number of aryl methyl sites for hydroxylation is 2. The van der Waals surface area contributed by atoms with Crippen LogP contribution in [0.4, 0.5) is 10.2 Å². The van der Waals surface area contributed by atoms with Crippen LogP contribution in [0.1, 0.15) is 36.8 Å². The monoisotopic (exact) mass is 456 g/mol. The number of fused-ring (bicyclic) bond motifs is 1. The van der Waals surface area contributed by atoms with Crippen molar-refractivity contribution in [3.8, 4) is 5.75 Å². The van der Waals surface area contributed by atoms with Gasteiger partial charge in [0.1, 0.15) is 30.4 Å². The van der Waals surface area contributed by atoms with Crippen LogP contribution in [0.25, 0.3) is 10.9 Å². The Bertz CT molecular complexity index is 1190. The molecule has 1 saturated heterocycles. The summed E-state index contributed by atoms with van der Waals surface area (Å²) >= 11 is 0. The number of nitrogens with one attached hydrogen (secondary N) is 2. The topological polar surface area (TPSA) is 76.1 Å². The molecule has 0 aliphatic carbocycles. The molecule has 2 N–H and O–H groups in total. The molecule has 1 atom stereocenters. The van der Waals surface area contributed by atoms with E-state index in [1.165, 1.54) is 0 Å². The maximum atomic E-state index is 14.9. The molecule has 2 aromatic carbocycles. The molecular formula is C24H30FN4O2P. The number of halogens is 1. The van der Waals surface area contributed by atoms with E-state index in [0.717, 1.165) is 23.8 Å². The van der Waals surface area contributed by atoms with Gasteiger partial charge in [0, 0.05) is 42.4 Å². The van der Waals surface area contributed by atoms with Crippen molar-refractivity contribution in [2.75, 3.05) is 37.8 Å². The van der Waals surface area contributed by atoms with Crippen LogP contribution in [0, 0.1) is 12.7 Å². The molecule has 0 radical (unpaired) electrons. The van der Waals surface area contributed by atoms with Gasteiger partial charge in [-0.1, -0.05) is 25.1 Å². The standard InChI is InChI=1S/C24H30FN4O2P/c1-5-17-7-6-8-18(23(17)25)15(2)27-24-19-13-22(32(30)11-9-26-10-12-32)21(31-4)14-20(19)28-16(3)29-24/h6-8,13-15,26H,5,9-12H2,1-4H3,(H,27,28,29)/t15-/m1/s1. The van der Waals surface area contributed by atoms with E-state index in [9.17, 15) is 8.96 Å². The van der Waals surface area contributed by atoms with Crippen molar-refractivity contribution in [3.63, 3.8) is 0 Å². The second-order valence-corrected chi connectivity index (χ2v) is 11.4. The van der Waals surface area contributed by atoms with Gasteiger partial charge < -0.3 is 19.9 Å². The second-order valence-electron chi connectivity index (χ2n) is 8.29. The molecule has 6 nitrogen and oxygen atoms in total. The van der Waals surface area contributed by atoms with Gasteiger partial charge in [-0.2, -0.15) is 0 Å². The summed E-state index contributed by atoms with van der Waals surface area (Å²) in [6.07, 6.45) is 1.82. The minimum atomic E-state index is -2.60. The molecule has 8 heteroatoms. The Morgan fingerprint density at radius 3 is 2.69 bits per heavy atom. The van der Waals surface area contributed by atoms with Gasteiger partial charge >= 0.3 is 0 Å². The molecule has 0 unspecified atom stereocenters. The maximum Gasteiger partial charge on any atom is 0.138 e. The van der Waals surface area contributed by atoms with Crippen molar-refractivity contribution in [2.45, 2.75) is 33.2 Å². The first-order valence-electron chi connectivity index (χ1n) is 11.1. The maximum absolute atomic E-state index is 14.9. The SMILES string of the molecule is CCc1cccc([C@@H](C)Nc2nc(C)nc3cc(OC)c(P4(=O)CCNCC4)cc23)c1F. The van der Waals surface area contributed by atoms with E-state index in [4.69, 9.17) is 4.74 Å². The van der Waals surface area contributed by atoms with Gasteiger partial charge in [-0.05, 0) is 31.9 Å². The van der Waals surface area contributed by atoms with Crippen LogP contribution < -0.4 is 20.7 Å². The highest BCUT2D eigenvalue weighted by molar-refractivity contribution is 7.72. The van der Waals surface area contributed by atoms with Crippen LogP contribution in [0.2, 0.25) is 0 Å². The van der Waals surface area contributed by atoms with Crippen molar-refractivity contribution in [1.82, 2.24) is 15.3 Å². The van der Waals surface area contributed by atoms with Crippen molar-refractivity contribution in [3.05, 3.63) is 53.1 Å². The van der Waals surface area contributed by atoms with Gasteiger partial charge in [0.05, 0.1) is 24.0 Å². The molecule has 4 rings (SSSR count). The summed E-state index contributed by atoms with van der Waals surface area (Å²) in [5.74, 6) is 1.61. The first kappa shape index (κ1) is 22.7. The van der Waals surface area contributed by atoms with Gasteiger partial charge in [-0.15, -0.1) is 0 Å². The summed E-state index contributed by atoms with van der Waals surface area (Å²) in [6.45, 7) is 7.12. The average molecular weight is 457 g/mol. The predicted molar refractivity (Wildman–Crippen MR) is 128 cm³/mol. The fourth-order valence-electron chi connectivity index (χ4n) is 4.34. The Hall–Kier alpha value is -2.50. The molecule has 32 heavy (non-hydrogen) atoms. The minimum absolute atomic E-state index is 0.188.